The number of H-pyrrole nitrogens is 1. The molecule has 1 aromatic heterocycles. The number of rotatable bonds is 7. The molecule has 0 aliphatic carbocycles. The Bertz CT molecular complexity index is 407. The van der Waals surface area contributed by atoms with Crippen LogP contribution in [0.1, 0.15) is 25.2 Å². The molecule has 0 aliphatic heterocycles. The highest BCUT2D eigenvalue weighted by Crippen LogP contribution is 2.04. The van der Waals surface area contributed by atoms with Crippen LogP contribution in [-0.4, -0.2) is 46.8 Å². The summed E-state index contributed by atoms with van der Waals surface area (Å²) in [5.74, 6) is -0.503. The molecule has 8 heteroatoms. The monoisotopic (exact) mass is 270 g/mol. The standard InChI is InChI=1S/C11H18N4O4/c1-7(9-12-4-5-13-9)14-11(18)15-8(10(16)17)3-6-19-2/h4-5,7-8H,3,6H2,1-2H3,(H,12,13)(H,16,17)(H2,14,15,18). The van der Waals surface area contributed by atoms with Gasteiger partial charge in [-0.3, -0.25) is 0 Å². The van der Waals surface area contributed by atoms with Crippen LogP contribution in [0, 0.1) is 0 Å². The molecule has 0 saturated carbocycles. The predicted molar refractivity (Wildman–Crippen MR) is 66.6 cm³/mol. The van der Waals surface area contributed by atoms with Crippen molar-refractivity contribution in [2.75, 3.05) is 13.7 Å². The van der Waals surface area contributed by atoms with Crippen molar-refractivity contribution >= 4 is 12.0 Å². The van der Waals surface area contributed by atoms with Crippen LogP contribution in [0.25, 0.3) is 0 Å². The van der Waals surface area contributed by atoms with Gasteiger partial charge in [-0.15, -0.1) is 0 Å². The largest absolute Gasteiger partial charge is 0.480 e. The van der Waals surface area contributed by atoms with E-state index in [2.05, 4.69) is 20.6 Å². The summed E-state index contributed by atoms with van der Waals surface area (Å²) in [5, 5.41) is 13.9. The third kappa shape index (κ3) is 4.96. The van der Waals surface area contributed by atoms with Crippen molar-refractivity contribution in [3.05, 3.63) is 18.2 Å². The lowest BCUT2D eigenvalue weighted by atomic mass is 10.2. The maximum Gasteiger partial charge on any atom is 0.326 e. The first-order chi connectivity index (χ1) is 9.04. The number of carbonyl (C=O) groups excluding carboxylic acids is 1. The number of imidazole rings is 1. The molecule has 8 nitrogen and oxygen atoms in total. The molecule has 0 aromatic carbocycles. The summed E-state index contributed by atoms with van der Waals surface area (Å²) < 4.78 is 4.79. The summed E-state index contributed by atoms with van der Waals surface area (Å²) in [6.45, 7) is 1.99. The molecular weight excluding hydrogens is 252 g/mol. The van der Waals surface area contributed by atoms with Gasteiger partial charge in [-0.05, 0) is 6.92 Å². The van der Waals surface area contributed by atoms with Crippen LogP contribution in [0.2, 0.25) is 0 Å². The third-order valence-corrected chi connectivity index (χ3v) is 2.49. The molecule has 1 rings (SSSR count). The summed E-state index contributed by atoms with van der Waals surface area (Å²) >= 11 is 0. The first-order valence-corrected chi connectivity index (χ1v) is 5.82. The van der Waals surface area contributed by atoms with Gasteiger partial charge >= 0.3 is 12.0 Å². The second-order valence-electron chi connectivity index (χ2n) is 3.99. The van der Waals surface area contributed by atoms with E-state index in [-0.39, 0.29) is 19.1 Å². The van der Waals surface area contributed by atoms with E-state index in [0.29, 0.717) is 5.82 Å². The number of amides is 2. The van der Waals surface area contributed by atoms with Gasteiger partial charge in [0.15, 0.2) is 0 Å². The number of carboxylic acid groups (broad SMARTS) is 1. The van der Waals surface area contributed by atoms with Crippen LogP contribution < -0.4 is 10.6 Å². The maximum absolute atomic E-state index is 11.7. The highest BCUT2D eigenvalue weighted by molar-refractivity contribution is 5.82. The zero-order valence-corrected chi connectivity index (χ0v) is 10.8. The van der Waals surface area contributed by atoms with E-state index in [9.17, 15) is 9.59 Å². The van der Waals surface area contributed by atoms with Crippen molar-refractivity contribution < 1.29 is 19.4 Å². The minimum atomic E-state index is -1.10. The van der Waals surface area contributed by atoms with Gasteiger partial charge < -0.3 is 25.5 Å². The quantitative estimate of drug-likeness (QED) is 0.567. The highest BCUT2D eigenvalue weighted by Gasteiger charge is 2.20. The fourth-order valence-electron chi connectivity index (χ4n) is 1.47. The lowest BCUT2D eigenvalue weighted by molar-refractivity contribution is -0.139. The molecule has 1 aromatic rings. The summed E-state index contributed by atoms with van der Waals surface area (Å²) in [7, 11) is 1.47. The van der Waals surface area contributed by atoms with Crippen LogP contribution in [0.4, 0.5) is 4.79 Å². The highest BCUT2D eigenvalue weighted by atomic mass is 16.5. The Hall–Kier alpha value is -2.09. The van der Waals surface area contributed by atoms with E-state index < -0.39 is 18.0 Å². The molecule has 4 N–H and O–H groups in total. The minimum Gasteiger partial charge on any atom is -0.480 e. The first-order valence-electron chi connectivity index (χ1n) is 5.82. The van der Waals surface area contributed by atoms with Gasteiger partial charge in [0, 0.05) is 32.5 Å². The van der Waals surface area contributed by atoms with E-state index in [4.69, 9.17) is 9.84 Å². The number of aromatic amines is 1. The Morgan fingerprint density at radius 3 is 2.79 bits per heavy atom. The fourth-order valence-corrected chi connectivity index (χ4v) is 1.47. The second-order valence-corrected chi connectivity index (χ2v) is 3.99. The van der Waals surface area contributed by atoms with Gasteiger partial charge in [-0.2, -0.15) is 0 Å². The SMILES string of the molecule is COCCC(NC(=O)NC(C)c1ncc[nH]1)C(=O)O. The predicted octanol–water partition coefficient (Wildman–Crippen LogP) is 0.260. The van der Waals surface area contributed by atoms with Crippen molar-refractivity contribution in [3.63, 3.8) is 0 Å². The summed E-state index contributed by atoms with van der Waals surface area (Å²) in [6.07, 6.45) is 3.42. The van der Waals surface area contributed by atoms with Crippen molar-refractivity contribution in [2.24, 2.45) is 0 Å². The average Bonchev–Trinajstić information content (AvgIpc) is 2.87. The number of methoxy groups -OCH3 is 1. The molecule has 0 bridgehead atoms. The molecule has 0 radical (unpaired) electrons. The van der Waals surface area contributed by atoms with Crippen LogP contribution in [0.5, 0.6) is 0 Å². The van der Waals surface area contributed by atoms with E-state index in [1.54, 1.807) is 19.3 Å². The molecule has 0 aliphatic rings. The Morgan fingerprint density at radius 2 is 2.26 bits per heavy atom. The van der Waals surface area contributed by atoms with E-state index in [1.165, 1.54) is 7.11 Å². The van der Waals surface area contributed by atoms with E-state index in [1.807, 2.05) is 0 Å². The summed E-state index contributed by atoms with van der Waals surface area (Å²) in [5.41, 5.74) is 0. The molecule has 19 heavy (non-hydrogen) atoms. The zero-order chi connectivity index (χ0) is 14.3. The number of nitrogens with one attached hydrogen (secondary N) is 3. The van der Waals surface area contributed by atoms with Gasteiger partial charge in [0.25, 0.3) is 0 Å². The van der Waals surface area contributed by atoms with Crippen molar-refractivity contribution in [1.82, 2.24) is 20.6 Å². The van der Waals surface area contributed by atoms with Gasteiger partial charge in [0.05, 0.1) is 6.04 Å². The number of hydrogen-bond donors (Lipinski definition) is 4. The number of aliphatic carboxylic acids is 1. The first kappa shape index (κ1) is 15.0. The van der Waals surface area contributed by atoms with Crippen LogP contribution >= 0.6 is 0 Å². The number of carboxylic acids is 1. The van der Waals surface area contributed by atoms with Crippen LogP contribution in [0.3, 0.4) is 0 Å². The zero-order valence-electron chi connectivity index (χ0n) is 10.8. The maximum atomic E-state index is 11.7. The molecule has 1 heterocycles. The Balaban J connectivity index is 2.46. The topological polar surface area (TPSA) is 116 Å². The van der Waals surface area contributed by atoms with Gasteiger partial charge in [-0.1, -0.05) is 0 Å². The van der Waals surface area contributed by atoms with Gasteiger partial charge in [0.2, 0.25) is 0 Å². The number of ether oxygens (including phenoxy) is 1. The molecule has 0 fully saturated rings. The molecule has 2 atom stereocenters. The number of nitrogens with zero attached hydrogens (tertiary/aromatic N) is 1. The number of hydrogen-bond acceptors (Lipinski definition) is 4. The van der Waals surface area contributed by atoms with Crippen molar-refractivity contribution in [2.45, 2.75) is 25.4 Å². The van der Waals surface area contributed by atoms with Crippen molar-refractivity contribution in [3.8, 4) is 0 Å². The molecule has 0 saturated heterocycles. The smallest absolute Gasteiger partial charge is 0.326 e. The minimum absolute atomic E-state index is 0.203. The second kappa shape index (κ2) is 7.37. The number of aromatic nitrogens is 2. The third-order valence-electron chi connectivity index (χ3n) is 2.49. The lowest BCUT2D eigenvalue weighted by Gasteiger charge is -2.17. The van der Waals surface area contributed by atoms with Crippen LogP contribution in [0.15, 0.2) is 12.4 Å². The van der Waals surface area contributed by atoms with Crippen molar-refractivity contribution in [1.29, 1.82) is 0 Å². The van der Waals surface area contributed by atoms with Crippen LogP contribution in [-0.2, 0) is 9.53 Å². The molecular formula is C11H18N4O4. The fraction of sp³-hybridized carbons (Fsp3) is 0.545. The van der Waals surface area contributed by atoms with E-state index >= 15 is 0 Å². The molecule has 2 unspecified atom stereocenters. The van der Waals surface area contributed by atoms with Gasteiger partial charge in [0.1, 0.15) is 11.9 Å². The number of carbonyl (C=O) groups is 2. The molecule has 2 amide bonds. The van der Waals surface area contributed by atoms with E-state index in [0.717, 1.165) is 0 Å². The molecule has 0 spiro atoms. The van der Waals surface area contributed by atoms with Gasteiger partial charge in [-0.25, -0.2) is 14.6 Å². The Kier molecular flexibility index (Phi) is 5.80. The normalized spacial score (nSPS) is 13.6. The Morgan fingerprint density at radius 1 is 1.53 bits per heavy atom. The number of urea groups is 1. The summed E-state index contributed by atoms with van der Waals surface area (Å²) in [4.78, 5) is 29.5. The Labute approximate surface area is 110 Å². The average molecular weight is 270 g/mol. The molecule has 106 valence electrons. The summed E-state index contributed by atoms with van der Waals surface area (Å²) in [6, 6.07) is -1.89. The lowest BCUT2D eigenvalue weighted by Crippen LogP contribution is -2.47.